The molecule has 36 heavy (non-hydrogen) atoms. The molecule has 1 aliphatic heterocycles. The van der Waals surface area contributed by atoms with E-state index in [9.17, 15) is 15.0 Å². The highest BCUT2D eigenvalue weighted by atomic mass is 16.8. The van der Waals surface area contributed by atoms with Crippen LogP contribution in [0.5, 0.6) is 0 Å². The fourth-order valence-electron chi connectivity index (χ4n) is 4.01. The molecule has 1 fully saturated rings. The van der Waals surface area contributed by atoms with Gasteiger partial charge in [0.25, 0.3) is 0 Å². The average molecular weight is 502 g/mol. The molecule has 194 valence electrons. The Kier molecular flexibility index (Phi) is 8.28. The van der Waals surface area contributed by atoms with E-state index < -0.39 is 30.6 Å². The molecule has 0 aliphatic carbocycles. The number of anilines is 1. The van der Waals surface area contributed by atoms with Gasteiger partial charge in [-0.25, -0.2) is 19.7 Å². The van der Waals surface area contributed by atoms with E-state index >= 15 is 0 Å². The summed E-state index contributed by atoms with van der Waals surface area (Å²) in [4.78, 5) is 30.6. The van der Waals surface area contributed by atoms with E-state index in [1.54, 1.807) is 11.9 Å². The highest BCUT2D eigenvalue weighted by Gasteiger charge is 2.45. The van der Waals surface area contributed by atoms with Crippen molar-refractivity contribution in [3.8, 4) is 0 Å². The minimum Gasteiger partial charge on any atom is -0.444 e. The number of aliphatic hydroxyl groups is 2. The molecular formula is C23H31N7O6. The van der Waals surface area contributed by atoms with Gasteiger partial charge in [0, 0.05) is 13.1 Å². The zero-order valence-electron chi connectivity index (χ0n) is 20.2. The van der Waals surface area contributed by atoms with Crippen LogP contribution in [-0.4, -0.2) is 90.6 Å². The molecule has 13 nitrogen and oxygen atoms in total. The predicted octanol–water partition coefficient (Wildman–Crippen LogP) is 0.897. The predicted molar refractivity (Wildman–Crippen MR) is 128 cm³/mol. The lowest BCUT2D eigenvalue weighted by Crippen LogP contribution is -2.48. The number of carbonyl (C=O) groups excluding carboxylic acids is 1. The Balaban J connectivity index is 1.39. The number of imidazole rings is 1. The average Bonchev–Trinajstić information content (AvgIpc) is 3.44. The number of likely N-dealkylation sites (N-methyl/N-ethyl adjacent to an activating group) is 1. The molecule has 13 heteroatoms. The second kappa shape index (κ2) is 11.6. The quantitative estimate of drug-likeness (QED) is 0.338. The molecule has 4 atom stereocenters. The van der Waals surface area contributed by atoms with Gasteiger partial charge in [0.1, 0.15) is 36.8 Å². The number of rotatable bonds is 10. The number of hydrazine groups is 1. The van der Waals surface area contributed by atoms with Crippen LogP contribution in [0, 0.1) is 0 Å². The monoisotopic (exact) mass is 501 g/mol. The summed E-state index contributed by atoms with van der Waals surface area (Å²) in [5, 5.41) is 24.0. The van der Waals surface area contributed by atoms with E-state index in [4.69, 9.17) is 20.0 Å². The Bertz CT molecular complexity index is 1150. The molecule has 4 rings (SSSR count). The zero-order valence-corrected chi connectivity index (χ0v) is 20.2. The van der Waals surface area contributed by atoms with Crippen LogP contribution in [-0.2, 0) is 20.7 Å². The molecule has 0 radical (unpaired) electrons. The third kappa shape index (κ3) is 5.39. The van der Waals surface area contributed by atoms with Gasteiger partial charge in [-0.3, -0.25) is 9.40 Å². The van der Waals surface area contributed by atoms with E-state index in [1.807, 2.05) is 37.3 Å². The second-order valence-electron chi connectivity index (χ2n) is 8.18. The van der Waals surface area contributed by atoms with Gasteiger partial charge in [0.05, 0.1) is 12.9 Å². The Hall–Kier alpha value is -3.36. The number of hydroxylamine groups is 1. The highest BCUT2D eigenvalue weighted by Crippen LogP contribution is 2.32. The van der Waals surface area contributed by atoms with E-state index in [1.165, 1.54) is 17.2 Å². The molecule has 4 N–H and O–H groups in total. The Morgan fingerprint density at radius 1 is 1.17 bits per heavy atom. The summed E-state index contributed by atoms with van der Waals surface area (Å²) < 4.78 is 12.7. The van der Waals surface area contributed by atoms with Crippen LogP contribution in [0.2, 0.25) is 0 Å². The van der Waals surface area contributed by atoms with Gasteiger partial charge in [0.2, 0.25) is 0 Å². The number of hydrogen-bond donors (Lipinski definition) is 3. The van der Waals surface area contributed by atoms with Crippen molar-refractivity contribution >= 4 is 23.1 Å². The third-order valence-corrected chi connectivity index (χ3v) is 5.90. The van der Waals surface area contributed by atoms with Crippen molar-refractivity contribution in [1.82, 2.24) is 29.7 Å². The van der Waals surface area contributed by atoms with Gasteiger partial charge in [-0.15, -0.1) is 5.17 Å². The number of nitrogens with zero attached hydrogens (tertiary/aromatic N) is 6. The van der Waals surface area contributed by atoms with Crippen molar-refractivity contribution < 1.29 is 29.3 Å². The third-order valence-electron chi connectivity index (χ3n) is 5.90. The fourth-order valence-corrected chi connectivity index (χ4v) is 4.01. The fraction of sp³-hybridized carbons (Fsp3) is 0.478. The first kappa shape index (κ1) is 25.7. The molecular weight excluding hydrogens is 470 g/mol. The normalized spacial score (nSPS) is 21.8. The minimum atomic E-state index is -1.32. The maximum Gasteiger partial charge on any atom is 0.449 e. The van der Waals surface area contributed by atoms with Crippen molar-refractivity contribution in [1.29, 1.82) is 0 Å². The van der Waals surface area contributed by atoms with Crippen LogP contribution in [0.25, 0.3) is 11.2 Å². The lowest BCUT2D eigenvalue weighted by molar-refractivity contribution is -0.252. The van der Waals surface area contributed by atoms with Crippen LogP contribution in [0.1, 0.15) is 25.6 Å². The SMILES string of the molecule is CCON(C(=O)OC[C@H]1O[C@@H](n2cnc3c(N)ncnc32)[C@H](O)[C@@H]1O)N(CC)CCc1ccccc1. The second-order valence-corrected chi connectivity index (χ2v) is 8.18. The van der Waals surface area contributed by atoms with Crippen molar-refractivity contribution in [3.63, 3.8) is 0 Å². The number of benzene rings is 1. The zero-order chi connectivity index (χ0) is 25.7. The van der Waals surface area contributed by atoms with Crippen LogP contribution in [0.3, 0.4) is 0 Å². The first-order chi connectivity index (χ1) is 17.4. The smallest absolute Gasteiger partial charge is 0.444 e. The number of nitrogens with two attached hydrogens (primary N) is 1. The van der Waals surface area contributed by atoms with Gasteiger partial charge < -0.3 is 25.4 Å². The van der Waals surface area contributed by atoms with Gasteiger partial charge in [-0.05, 0) is 18.9 Å². The van der Waals surface area contributed by atoms with Gasteiger partial charge in [-0.1, -0.05) is 37.3 Å². The lowest BCUT2D eigenvalue weighted by atomic mass is 10.1. The molecule has 0 unspecified atom stereocenters. The number of fused-ring (bicyclic) bond motifs is 1. The van der Waals surface area contributed by atoms with Crippen LogP contribution in [0.15, 0.2) is 43.0 Å². The number of carbonyl (C=O) groups is 1. The maximum atomic E-state index is 12.9. The summed E-state index contributed by atoms with van der Waals surface area (Å²) in [6, 6.07) is 9.90. The number of ether oxygens (including phenoxy) is 2. The van der Waals surface area contributed by atoms with Crippen molar-refractivity contribution in [3.05, 3.63) is 48.5 Å². The summed E-state index contributed by atoms with van der Waals surface area (Å²) >= 11 is 0. The topological polar surface area (TPSA) is 161 Å². The van der Waals surface area contributed by atoms with Crippen molar-refractivity contribution in [2.24, 2.45) is 0 Å². The Labute approximate surface area is 207 Å². The molecule has 0 spiro atoms. The lowest BCUT2D eigenvalue weighted by Gasteiger charge is -2.31. The molecule has 2 aromatic heterocycles. The molecule has 3 aromatic rings. The largest absolute Gasteiger partial charge is 0.449 e. The standard InChI is InChI=1S/C23H31N7O6/c1-3-28(11-10-15-8-6-5-7-9-15)30(35-4-2)23(33)34-12-16-18(31)19(32)22(36-16)29-14-27-17-20(24)25-13-26-21(17)29/h5-9,13-14,16,18-19,22,31-32H,3-4,10-12H2,1-2H3,(H2,24,25,26)/t16-,18-,19-,22-/m1/s1. The molecule has 1 aromatic carbocycles. The van der Waals surface area contributed by atoms with Crippen LogP contribution < -0.4 is 5.73 Å². The first-order valence-corrected chi connectivity index (χ1v) is 11.8. The Morgan fingerprint density at radius 3 is 2.67 bits per heavy atom. The van der Waals surface area contributed by atoms with Crippen molar-refractivity contribution in [2.75, 3.05) is 32.0 Å². The van der Waals surface area contributed by atoms with E-state index in [0.29, 0.717) is 30.7 Å². The van der Waals surface area contributed by atoms with E-state index in [0.717, 1.165) is 10.7 Å². The number of nitrogen functional groups attached to an aromatic ring is 1. The summed E-state index contributed by atoms with van der Waals surface area (Å²) in [6.07, 6.45) is -2.02. The number of aliphatic hydroxyl groups excluding tert-OH is 2. The van der Waals surface area contributed by atoms with Crippen LogP contribution >= 0.6 is 0 Å². The molecule has 1 aliphatic rings. The van der Waals surface area contributed by atoms with Gasteiger partial charge in [-0.2, -0.15) is 5.01 Å². The molecule has 1 amide bonds. The van der Waals surface area contributed by atoms with E-state index in [2.05, 4.69) is 15.0 Å². The molecule has 0 saturated carbocycles. The number of hydrogen-bond acceptors (Lipinski definition) is 11. The highest BCUT2D eigenvalue weighted by molar-refractivity contribution is 5.81. The summed E-state index contributed by atoms with van der Waals surface area (Å²) in [7, 11) is 0. The number of aromatic nitrogens is 4. The minimum absolute atomic E-state index is 0.182. The summed E-state index contributed by atoms with van der Waals surface area (Å²) in [5.74, 6) is 0.182. The molecule has 1 saturated heterocycles. The summed E-state index contributed by atoms with van der Waals surface area (Å²) in [5.41, 5.74) is 7.64. The van der Waals surface area contributed by atoms with Crippen LogP contribution in [0.4, 0.5) is 10.6 Å². The molecule has 0 bridgehead atoms. The van der Waals surface area contributed by atoms with E-state index in [-0.39, 0.29) is 19.0 Å². The van der Waals surface area contributed by atoms with Gasteiger partial charge >= 0.3 is 6.09 Å². The molecule has 3 heterocycles. The van der Waals surface area contributed by atoms with Crippen molar-refractivity contribution in [2.45, 2.75) is 44.8 Å². The summed E-state index contributed by atoms with van der Waals surface area (Å²) in [6.45, 7) is 4.64. The Morgan fingerprint density at radius 2 is 1.94 bits per heavy atom. The maximum absolute atomic E-state index is 12.9. The van der Waals surface area contributed by atoms with Gasteiger partial charge in [0.15, 0.2) is 17.7 Å². The number of amides is 1. The first-order valence-electron chi connectivity index (χ1n) is 11.8.